The summed E-state index contributed by atoms with van der Waals surface area (Å²) in [7, 11) is 0. The third kappa shape index (κ3) is 3.93. The first-order chi connectivity index (χ1) is 12.9. The predicted molar refractivity (Wildman–Crippen MR) is 99.0 cm³/mol. The lowest BCUT2D eigenvalue weighted by molar-refractivity contribution is -0.121. The van der Waals surface area contributed by atoms with Crippen LogP contribution in [0.1, 0.15) is 16.8 Å². The fraction of sp³-hybridized carbons (Fsp3) is 0.111. The van der Waals surface area contributed by atoms with Crippen molar-refractivity contribution in [3.05, 3.63) is 54.1 Å². The van der Waals surface area contributed by atoms with Crippen LogP contribution in [0.4, 0.5) is 16.2 Å². The number of rotatable bonds is 5. The van der Waals surface area contributed by atoms with Crippen LogP contribution < -0.4 is 10.2 Å². The summed E-state index contributed by atoms with van der Waals surface area (Å²) in [6.45, 7) is 0. The first-order valence-corrected chi connectivity index (χ1v) is 8.70. The number of phenols is 1. The molecule has 1 heterocycles. The molecule has 3 amide bonds. The van der Waals surface area contributed by atoms with Gasteiger partial charge >= 0.3 is 5.97 Å². The monoisotopic (exact) mass is 386 g/mol. The maximum atomic E-state index is 12.5. The van der Waals surface area contributed by atoms with Crippen molar-refractivity contribution in [2.45, 2.75) is 11.7 Å². The lowest BCUT2D eigenvalue weighted by atomic mass is 10.1. The number of carboxylic acids is 1. The second-order valence-electron chi connectivity index (χ2n) is 5.67. The van der Waals surface area contributed by atoms with Crippen LogP contribution >= 0.6 is 11.8 Å². The Balaban J connectivity index is 1.68. The molecule has 1 atom stereocenters. The number of nitrogens with one attached hydrogen (secondary N) is 1. The Morgan fingerprint density at radius 2 is 1.81 bits per heavy atom. The van der Waals surface area contributed by atoms with Gasteiger partial charge in [0.05, 0.1) is 5.69 Å². The molecule has 0 aliphatic carbocycles. The number of carbonyl (C=O) groups is 4. The summed E-state index contributed by atoms with van der Waals surface area (Å²) < 4.78 is 0. The predicted octanol–water partition coefficient (Wildman–Crippen LogP) is 2.69. The minimum atomic E-state index is -1.34. The molecule has 1 saturated heterocycles. The zero-order valence-electron chi connectivity index (χ0n) is 13.8. The number of benzene rings is 2. The SMILES string of the molecule is O=C(C[C@H]1SC(=O)N(c2ccccc2)C1=O)Nc1ccc(O)c(C(=O)O)c1. The molecule has 138 valence electrons. The number of hydrogen-bond acceptors (Lipinski definition) is 6. The Morgan fingerprint density at radius 3 is 2.48 bits per heavy atom. The van der Waals surface area contributed by atoms with Crippen LogP contribution in [-0.4, -0.2) is 38.5 Å². The van der Waals surface area contributed by atoms with Gasteiger partial charge in [0, 0.05) is 12.1 Å². The molecule has 0 bridgehead atoms. The maximum absolute atomic E-state index is 12.5. The number of thioether (sulfide) groups is 1. The first-order valence-electron chi connectivity index (χ1n) is 7.82. The number of aromatic hydroxyl groups is 1. The Hall–Kier alpha value is -3.33. The quantitative estimate of drug-likeness (QED) is 0.675. The smallest absolute Gasteiger partial charge is 0.339 e. The van der Waals surface area contributed by atoms with Gasteiger partial charge < -0.3 is 15.5 Å². The van der Waals surface area contributed by atoms with E-state index in [-0.39, 0.29) is 17.7 Å². The van der Waals surface area contributed by atoms with Gasteiger partial charge in [-0.15, -0.1) is 0 Å². The van der Waals surface area contributed by atoms with Crippen LogP contribution in [0.25, 0.3) is 0 Å². The summed E-state index contributed by atoms with van der Waals surface area (Å²) in [4.78, 5) is 48.9. The molecule has 1 fully saturated rings. The fourth-order valence-corrected chi connectivity index (χ4v) is 3.55. The minimum Gasteiger partial charge on any atom is -0.507 e. The summed E-state index contributed by atoms with van der Waals surface area (Å²) in [5.74, 6) is -2.80. The highest BCUT2D eigenvalue weighted by Crippen LogP contribution is 2.33. The molecule has 0 saturated carbocycles. The van der Waals surface area contributed by atoms with Gasteiger partial charge in [-0.05, 0) is 42.1 Å². The van der Waals surface area contributed by atoms with Crippen molar-refractivity contribution >= 4 is 46.2 Å². The molecule has 0 spiro atoms. The van der Waals surface area contributed by atoms with E-state index < -0.39 is 34.0 Å². The highest BCUT2D eigenvalue weighted by molar-refractivity contribution is 8.15. The number of imide groups is 1. The molecule has 3 N–H and O–H groups in total. The molecular formula is C18H14N2O6S. The molecule has 27 heavy (non-hydrogen) atoms. The Labute approximate surface area is 157 Å². The zero-order valence-corrected chi connectivity index (χ0v) is 14.6. The highest BCUT2D eigenvalue weighted by atomic mass is 32.2. The van der Waals surface area contributed by atoms with Crippen molar-refractivity contribution in [3.63, 3.8) is 0 Å². The maximum Gasteiger partial charge on any atom is 0.339 e. The van der Waals surface area contributed by atoms with Gasteiger partial charge in [0.1, 0.15) is 16.6 Å². The average molecular weight is 386 g/mol. The molecule has 1 aliphatic rings. The normalized spacial score (nSPS) is 16.4. The number of carbonyl (C=O) groups excluding carboxylic acids is 3. The van der Waals surface area contributed by atoms with Crippen molar-refractivity contribution < 1.29 is 29.4 Å². The lowest BCUT2D eigenvalue weighted by Gasteiger charge is -2.13. The molecule has 0 aromatic heterocycles. The third-order valence-corrected chi connectivity index (χ3v) is 4.85. The lowest BCUT2D eigenvalue weighted by Crippen LogP contribution is -2.32. The van der Waals surface area contributed by atoms with E-state index >= 15 is 0 Å². The number of anilines is 2. The van der Waals surface area contributed by atoms with Crippen LogP contribution in [0.3, 0.4) is 0 Å². The number of para-hydroxylation sites is 1. The van der Waals surface area contributed by atoms with Gasteiger partial charge in [-0.1, -0.05) is 18.2 Å². The second-order valence-corrected chi connectivity index (χ2v) is 6.82. The van der Waals surface area contributed by atoms with Crippen molar-refractivity contribution in [1.29, 1.82) is 0 Å². The van der Waals surface area contributed by atoms with Crippen LogP contribution in [0.5, 0.6) is 5.75 Å². The molecule has 2 aromatic carbocycles. The summed E-state index contributed by atoms with van der Waals surface area (Å²) in [6, 6.07) is 12.0. The minimum absolute atomic E-state index is 0.164. The molecule has 3 rings (SSSR count). The van der Waals surface area contributed by atoms with Gasteiger partial charge in [0.2, 0.25) is 11.8 Å². The van der Waals surface area contributed by atoms with Crippen molar-refractivity contribution in [2.75, 3.05) is 10.2 Å². The Bertz CT molecular complexity index is 931. The summed E-state index contributed by atoms with van der Waals surface area (Å²) in [5, 5.41) is 19.6. The van der Waals surface area contributed by atoms with Crippen molar-refractivity contribution in [1.82, 2.24) is 0 Å². The summed E-state index contributed by atoms with van der Waals surface area (Å²) in [6.07, 6.45) is -0.248. The molecule has 0 unspecified atom stereocenters. The number of aromatic carboxylic acids is 1. The van der Waals surface area contributed by atoms with Gasteiger partial charge in [0.25, 0.3) is 5.24 Å². The van der Waals surface area contributed by atoms with E-state index in [1.54, 1.807) is 30.3 Å². The molecule has 9 heteroatoms. The van der Waals surface area contributed by atoms with Crippen LogP contribution in [0.2, 0.25) is 0 Å². The van der Waals surface area contributed by atoms with E-state index in [9.17, 15) is 24.3 Å². The average Bonchev–Trinajstić information content (AvgIpc) is 2.90. The van der Waals surface area contributed by atoms with Crippen LogP contribution in [0.15, 0.2) is 48.5 Å². The number of carboxylic acid groups (broad SMARTS) is 1. The van der Waals surface area contributed by atoms with Gasteiger partial charge in [-0.25, -0.2) is 9.69 Å². The number of nitrogens with zero attached hydrogens (tertiary/aromatic N) is 1. The van der Waals surface area contributed by atoms with Gasteiger partial charge in [0.15, 0.2) is 0 Å². The molecule has 1 aliphatic heterocycles. The standard InChI is InChI=1S/C18H14N2O6S/c21-13-7-6-10(8-12(13)17(24)25)19-15(22)9-14-16(23)20(18(26)27-14)11-4-2-1-3-5-11/h1-8,14,21H,9H2,(H,19,22)(H,24,25)/t14-/m1/s1. The van der Waals surface area contributed by atoms with Crippen LogP contribution in [0, 0.1) is 0 Å². The Morgan fingerprint density at radius 1 is 1.11 bits per heavy atom. The van der Waals surface area contributed by atoms with Crippen molar-refractivity contribution in [3.8, 4) is 5.75 Å². The summed E-state index contributed by atoms with van der Waals surface area (Å²) >= 11 is 0.768. The molecule has 8 nitrogen and oxygen atoms in total. The number of hydrogen-bond donors (Lipinski definition) is 3. The second kappa shape index (κ2) is 7.50. The van der Waals surface area contributed by atoms with E-state index in [1.165, 1.54) is 6.07 Å². The zero-order chi connectivity index (χ0) is 19.6. The summed E-state index contributed by atoms with van der Waals surface area (Å²) in [5.41, 5.74) is 0.244. The third-order valence-electron chi connectivity index (χ3n) is 3.82. The largest absolute Gasteiger partial charge is 0.507 e. The fourth-order valence-electron chi connectivity index (χ4n) is 2.56. The van der Waals surface area contributed by atoms with E-state index in [4.69, 9.17) is 5.11 Å². The first kappa shape index (κ1) is 18.5. The van der Waals surface area contributed by atoms with Gasteiger partial charge in [-0.3, -0.25) is 14.4 Å². The van der Waals surface area contributed by atoms with Gasteiger partial charge in [-0.2, -0.15) is 0 Å². The van der Waals surface area contributed by atoms with Crippen molar-refractivity contribution in [2.24, 2.45) is 0 Å². The molecule has 2 aromatic rings. The Kier molecular flexibility index (Phi) is 5.13. The molecular weight excluding hydrogens is 372 g/mol. The van der Waals surface area contributed by atoms with E-state index in [1.807, 2.05) is 0 Å². The number of amides is 3. The van der Waals surface area contributed by atoms with E-state index in [0.717, 1.165) is 28.8 Å². The molecule has 0 radical (unpaired) electrons. The van der Waals surface area contributed by atoms with E-state index in [0.29, 0.717) is 5.69 Å². The highest BCUT2D eigenvalue weighted by Gasteiger charge is 2.41. The van der Waals surface area contributed by atoms with Crippen LogP contribution in [-0.2, 0) is 9.59 Å². The topological polar surface area (TPSA) is 124 Å². The van der Waals surface area contributed by atoms with E-state index in [2.05, 4.69) is 5.32 Å².